The fourth-order valence-corrected chi connectivity index (χ4v) is 3.08. The molecule has 0 aliphatic carbocycles. The van der Waals surface area contributed by atoms with E-state index in [0.29, 0.717) is 38.6 Å². The average molecular weight is 554 g/mol. The molecule has 2 rings (SSSR count). The molecule has 1 unspecified atom stereocenters. The first-order valence-electron chi connectivity index (χ1n) is 9.20. The molecule has 1 heterocycles. The maximum atomic E-state index is 12.5. The standard InChI is InChI=1S/C18H24F6N4O.HI/c1-2-25-16(26-9-13-7-8-28(11-13)12-17(19,20)21)27-10-14-5-3-4-6-15(14)29-18(22,23)24;/h3-6,13H,2,7-12H2,1H3,(H2,25,26,27);1H. The number of hydrogen-bond donors (Lipinski definition) is 2. The molecule has 1 aromatic rings. The molecular formula is C18H25F6IN4O. The third kappa shape index (κ3) is 10.0. The van der Waals surface area contributed by atoms with Crippen molar-refractivity contribution in [3.8, 4) is 5.75 Å². The van der Waals surface area contributed by atoms with E-state index in [0.717, 1.165) is 0 Å². The van der Waals surface area contributed by atoms with Crippen LogP contribution in [0.3, 0.4) is 0 Å². The van der Waals surface area contributed by atoms with Gasteiger partial charge < -0.3 is 15.4 Å². The van der Waals surface area contributed by atoms with E-state index >= 15 is 0 Å². The number of aliphatic imine (C=N–C) groups is 1. The summed E-state index contributed by atoms with van der Waals surface area (Å²) in [6, 6.07) is 5.72. The molecule has 0 bridgehead atoms. The Bertz CT molecular complexity index is 683. The Kier molecular flexibility index (Phi) is 10.5. The lowest BCUT2D eigenvalue weighted by Gasteiger charge is -2.19. The summed E-state index contributed by atoms with van der Waals surface area (Å²) in [6.07, 6.45) is -8.39. The van der Waals surface area contributed by atoms with E-state index < -0.39 is 19.1 Å². The SMILES string of the molecule is CCNC(=NCc1ccccc1OC(F)(F)F)NCC1CCN(CC(F)(F)F)C1.I. The predicted molar refractivity (Wildman–Crippen MR) is 112 cm³/mol. The van der Waals surface area contributed by atoms with Crippen LogP contribution >= 0.6 is 24.0 Å². The van der Waals surface area contributed by atoms with Gasteiger partial charge in [0.15, 0.2) is 5.96 Å². The third-order valence-electron chi connectivity index (χ3n) is 4.28. The third-order valence-corrected chi connectivity index (χ3v) is 4.28. The fraction of sp³-hybridized carbons (Fsp3) is 0.611. The molecular weight excluding hydrogens is 529 g/mol. The Balaban J connectivity index is 0.00000450. The van der Waals surface area contributed by atoms with Gasteiger partial charge in [-0.05, 0) is 31.9 Å². The zero-order valence-electron chi connectivity index (χ0n) is 16.3. The minimum absolute atomic E-state index is 0. The number of nitrogens with one attached hydrogen (secondary N) is 2. The Labute approximate surface area is 188 Å². The monoisotopic (exact) mass is 554 g/mol. The summed E-state index contributed by atoms with van der Waals surface area (Å²) in [7, 11) is 0. The molecule has 1 aliphatic rings. The molecule has 1 atom stereocenters. The van der Waals surface area contributed by atoms with Crippen molar-refractivity contribution in [2.45, 2.75) is 32.4 Å². The van der Waals surface area contributed by atoms with Crippen molar-refractivity contribution >= 4 is 29.9 Å². The smallest absolute Gasteiger partial charge is 0.405 e. The highest BCUT2D eigenvalue weighted by Gasteiger charge is 2.34. The van der Waals surface area contributed by atoms with Crippen molar-refractivity contribution in [3.63, 3.8) is 0 Å². The molecule has 1 aliphatic heterocycles. The van der Waals surface area contributed by atoms with E-state index in [1.807, 2.05) is 6.92 Å². The highest BCUT2D eigenvalue weighted by atomic mass is 127. The van der Waals surface area contributed by atoms with E-state index in [-0.39, 0.29) is 47.8 Å². The van der Waals surface area contributed by atoms with Crippen LogP contribution < -0.4 is 15.4 Å². The van der Waals surface area contributed by atoms with Crippen LogP contribution in [-0.4, -0.2) is 56.1 Å². The number of ether oxygens (including phenoxy) is 1. The first-order chi connectivity index (χ1) is 13.6. The number of benzene rings is 1. The van der Waals surface area contributed by atoms with Gasteiger partial charge in [-0.25, -0.2) is 4.99 Å². The summed E-state index contributed by atoms with van der Waals surface area (Å²) in [5.74, 6) is 0.0869. The van der Waals surface area contributed by atoms with Gasteiger partial charge in [0.05, 0.1) is 13.1 Å². The number of likely N-dealkylation sites (tertiary alicyclic amines) is 1. The molecule has 12 heteroatoms. The maximum absolute atomic E-state index is 12.5. The Morgan fingerprint density at radius 3 is 2.50 bits per heavy atom. The van der Waals surface area contributed by atoms with Gasteiger partial charge in [-0.2, -0.15) is 13.2 Å². The second-order valence-corrected chi connectivity index (χ2v) is 6.74. The average Bonchev–Trinajstić information content (AvgIpc) is 3.02. The van der Waals surface area contributed by atoms with Crippen LogP contribution in [0.5, 0.6) is 5.75 Å². The van der Waals surface area contributed by atoms with E-state index in [9.17, 15) is 26.3 Å². The summed E-state index contributed by atoms with van der Waals surface area (Å²) in [5, 5.41) is 6.03. The minimum atomic E-state index is -4.80. The van der Waals surface area contributed by atoms with Crippen LogP contribution in [-0.2, 0) is 6.54 Å². The normalized spacial score (nSPS) is 18.1. The summed E-state index contributed by atoms with van der Waals surface area (Å²) < 4.78 is 79.0. The molecule has 1 aromatic carbocycles. The number of nitrogens with zero attached hydrogens (tertiary/aromatic N) is 2. The van der Waals surface area contributed by atoms with Crippen molar-refractivity contribution in [3.05, 3.63) is 29.8 Å². The molecule has 172 valence electrons. The first-order valence-corrected chi connectivity index (χ1v) is 9.20. The van der Waals surface area contributed by atoms with Gasteiger partial charge in [0.2, 0.25) is 0 Å². The molecule has 0 saturated carbocycles. The Morgan fingerprint density at radius 2 is 1.87 bits per heavy atom. The van der Waals surface area contributed by atoms with Gasteiger partial charge in [-0.15, -0.1) is 37.1 Å². The molecule has 1 fully saturated rings. The van der Waals surface area contributed by atoms with Crippen molar-refractivity contribution in [1.82, 2.24) is 15.5 Å². The minimum Gasteiger partial charge on any atom is -0.405 e. The van der Waals surface area contributed by atoms with Gasteiger partial charge >= 0.3 is 12.5 Å². The van der Waals surface area contributed by atoms with Gasteiger partial charge in [0.1, 0.15) is 5.75 Å². The maximum Gasteiger partial charge on any atom is 0.573 e. The topological polar surface area (TPSA) is 48.9 Å². The van der Waals surface area contributed by atoms with Gasteiger partial charge in [-0.3, -0.25) is 4.90 Å². The van der Waals surface area contributed by atoms with E-state index in [2.05, 4.69) is 20.4 Å². The van der Waals surface area contributed by atoms with Crippen molar-refractivity contribution < 1.29 is 31.1 Å². The lowest BCUT2D eigenvalue weighted by Crippen LogP contribution is -2.40. The quantitative estimate of drug-likeness (QED) is 0.230. The van der Waals surface area contributed by atoms with Crippen molar-refractivity contribution in [1.29, 1.82) is 0 Å². The van der Waals surface area contributed by atoms with Gasteiger partial charge in [0, 0.05) is 25.2 Å². The number of rotatable bonds is 7. The molecule has 0 amide bonds. The summed E-state index contributed by atoms with van der Waals surface area (Å²) in [6.45, 7) is 2.51. The largest absolute Gasteiger partial charge is 0.573 e. The van der Waals surface area contributed by atoms with Crippen molar-refractivity contribution in [2.75, 3.05) is 32.7 Å². The number of hydrogen-bond acceptors (Lipinski definition) is 3. The van der Waals surface area contributed by atoms with Crippen molar-refractivity contribution in [2.24, 2.45) is 10.9 Å². The van der Waals surface area contributed by atoms with Gasteiger partial charge in [0.25, 0.3) is 0 Å². The lowest BCUT2D eigenvalue weighted by atomic mass is 10.1. The van der Waals surface area contributed by atoms with Crippen LogP contribution in [0.1, 0.15) is 18.9 Å². The molecule has 2 N–H and O–H groups in total. The second kappa shape index (κ2) is 11.8. The second-order valence-electron chi connectivity index (χ2n) is 6.74. The zero-order valence-corrected chi connectivity index (χ0v) is 18.6. The lowest BCUT2D eigenvalue weighted by molar-refractivity contribution is -0.274. The molecule has 1 saturated heterocycles. The molecule has 30 heavy (non-hydrogen) atoms. The predicted octanol–water partition coefficient (Wildman–Crippen LogP) is 4.14. The number of alkyl halides is 6. The number of halogens is 7. The van der Waals surface area contributed by atoms with Crippen LogP contribution in [0.15, 0.2) is 29.3 Å². The highest BCUT2D eigenvalue weighted by molar-refractivity contribution is 14.0. The molecule has 0 spiro atoms. The van der Waals surface area contributed by atoms with Crippen LogP contribution in [0.2, 0.25) is 0 Å². The Morgan fingerprint density at radius 1 is 1.17 bits per heavy atom. The molecule has 0 radical (unpaired) electrons. The first kappa shape index (κ1) is 26.6. The van der Waals surface area contributed by atoms with Gasteiger partial charge in [-0.1, -0.05) is 18.2 Å². The number of guanidine groups is 1. The zero-order chi connectivity index (χ0) is 21.5. The van der Waals surface area contributed by atoms with E-state index in [4.69, 9.17) is 0 Å². The highest BCUT2D eigenvalue weighted by Crippen LogP contribution is 2.26. The van der Waals surface area contributed by atoms with Crippen LogP contribution in [0.4, 0.5) is 26.3 Å². The van der Waals surface area contributed by atoms with E-state index in [1.54, 1.807) is 6.07 Å². The van der Waals surface area contributed by atoms with Crippen LogP contribution in [0.25, 0.3) is 0 Å². The summed E-state index contributed by atoms with van der Waals surface area (Å²) in [4.78, 5) is 5.63. The number of para-hydroxylation sites is 1. The van der Waals surface area contributed by atoms with Crippen LogP contribution in [0, 0.1) is 5.92 Å². The molecule has 5 nitrogen and oxygen atoms in total. The summed E-state index contributed by atoms with van der Waals surface area (Å²) >= 11 is 0. The summed E-state index contributed by atoms with van der Waals surface area (Å²) in [5.41, 5.74) is 0.263. The fourth-order valence-electron chi connectivity index (χ4n) is 3.08. The van der Waals surface area contributed by atoms with E-state index in [1.165, 1.54) is 23.1 Å². The molecule has 0 aromatic heterocycles. The Hall–Kier alpha value is -1.44.